The Morgan fingerprint density at radius 3 is 2.40 bits per heavy atom. The van der Waals surface area contributed by atoms with Gasteiger partial charge >= 0.3 is 0 Å². The van der Waals surface area contributed by atoms with Crippen LogP contribution in [0.25, 0.3) is 0 Å². The van der Waals surface area contributed by atoms with E-state index in [2.05, 4.69) is 40.3 Å². The van der Waals surface area contributed by atoms with Crippen LogP contribution in [0.4, 0.5) is 0 Å². The lowest BCUT2D eigenvalue weighted by Gasteiger charge is -2.20. The normalized spacial score (nSPS) is 12.2. The molecular weight excluding hydrogens is 338 g/mol. The number of benzene rings is 1. The molecule has 1 atom stereocenters. The average molecular weight is 356 g/mol. The molecule has 2 aromatic rings. The maximum absolute atomic E-state index is 5.57. The molecular formula is C15H18BrNO2S. The van der Waals surface area contributed by atoms with E-state index < -0.39 is 0 Å². The van der Waals surface area contributed by atoms with Gasteiger partial charge in [-0.1, -0.05) is 0 Å². The minimum absolute atomic E-state index is 0.103. The van der Waals surface area contributed by atoms with Crippen LogP contribution in [-0.2, 0) is 0 Å². The molecule has 0 aliphatic heterocycles. The maximum atomic E-state index is 5.57. The van der Waals surface area contributed by atoms with Crippen LogP contribution >= 0.6 is 27.3 Å². The minimum Gasteiger partial charge on any atom is -0.495 e. The topological polar surface area (TPSA) is 30.5 Å². The van der Waals surface area contributed by atoms with Gasteiger partial charge in [-0.2, -0.15) is 0 Å². The van der Waals surface area contributed by atoms with E-state index in [0.29, 0.717) is 0 Å². The quantitative estimate of drug-likeness (QED) is 0.873. The maximum Gasteiger partial charge on any atom is 0.141 e. The van der Waals surface area contributed by atoms with Crippen molar-refractivity contribution in [2.24, 2.45) is 0 Å². The zero-order valence-corrected chi connectivity index (χ0v) is 14.4. The number of ether oxygens (including phenoxy) is 2. The highest BCUT2D eigenvalue weighted by Crippen LogP contribution is 2.42. The van der Waals surface area contributed by atoms with Gasteiger partial charge in [-0.25, -0.2) is 0 Å². The molecule has 0 aliphatic carbocycles. The van der Waals surface area contributed by atoms with E-state index in [0.717, 1.165) is 21.5 Å². The molecule has 0 radical (unpaired) electrons. The van der Waals surface area contributed by atoms with E-state index in [1.165, 1.54) is 9.75 Å². The van der Waals surface area contributed by atoms with Crippen molar-refractivity contribution < 1.29 is 9.47 Å². The summed E-state index contributed by atoms with van der Waals surface area (Å²) in [6.45, 7) is 2.11. The van der Waals surface area contributed by atoms with Crippen LogP contribution in [0.1, 0.15) is 21.4 Å². The van der Waals surface area contributed by atoms with Crippen molar-refractivity contribution in [3.63, 3.8) is 0 Å². The number of nitrogens with one attached hydrogen (secondary N) is 1. The molecule has 0 aliphatic rings. The third-order valence-corrected chi connectivity index (χ3v) is 4.98. The summed E-state index contributed by atoms with van der Waals surface area (Å²) in [5, 5.41) is 3.36. The van der Waals surface area contributed by atoms with Gasteiger partial charge in [-0.15, -0.1) is 11.3 Å². The van der Waals surface area contributed by atoms with Crippen molar-refractivity contribution in [3.8, 4) is 11.5 Å². The van der Waals surface area contributed by atoms with Crippen molar-refractivity contribution in [1.29, 1.82) is 0 Å². The smallest absolute Gasteiger partial charge is 0.141 e. The highest BCUT2D eigenvalue weighted by molar-refractivity contribution is 9.10. The molecule has 0 saturated carbocycles. The summed E-state index contributed by atoms with van der Waals surface area (Å²) >= 11 is 5.34. The lowest BCUT2D eigenvalue weighted by atomic mass is 10.0. The standard InChI is InChI=1S/C15H18BrNO2S/c1-9-5-8-12(20-9)14(17-2)10-6-7-11(18-3)13(16)15(10)19-4/h5-8,14,17H,1-4H3. The zero-order chi connectivity index (χ0) is 14.7. The first-order valence-corrected chi connectivity index (χ1v) is 7.87. The van der Waals surface area contributed by atoms with Gasteiger partial charge in [-0.05, 0) is 54.2 Å². The van der Waals surface area contributed by atoms with Crippen LogP contribution in [0.2, 0.25) is 0 Å². The number of thiophene rings is 1. The van der Waals surface area contributed by atoms with E-state index in [1.807, 2.05) is 19.2 Å². The predicted molar refractivity (Wildman–Crippen MR) is 87.2 cm³/mol. The van der Waals surface area contributed by atoms with Gasteiger partial charge in [0.1, 0.15) is 16.0 Å². The van der Waals surface area contributed by atoms with Crippen molar-refractivity contribution in [1.82, 2.24) is 5.32 Å². The van der Waals surface area contributed by atoms with Crippen molar-refractivity contribution in [2.75, 3.05) is 21.3 Å². The minimum atomic E-state index is 0.103. The van der Waals surface area contributed by atoms with Gasteiger partial charge in [0.2, 0.25) is 0 Å². The Hall–Kier alpha value is -1.04. The van der Waals surface area contributed by atoms with Crippen LogP contribution < -0.4 is 14.8 Å². The fourth-order valence-corrected chi connectivity index (χ4v) is 3.90. The number of methoxy groups -OCH3 is 2. The molecule has 3 nitrogen and oxygen atoms in total. The second-order valence-corrected chi connectivity index (χ2v) is 6.49. The molecule has 1 aromatic heterocycles. The van der Waals surface area contributed by atoms with Crippen LogP contribution in [0.3, 0.4) is 0 Å². The van der Waals surface area contributed by atoms with Crippen LogP contribution in [0, 0.1) is 6.92 Å². The van der Waals surface area contributed by atoms with Crippen LogP contribution in [-0.4, -0.2) is 21.3 Å². The van der Waals surface area contributed by atoms with Gasteiger partial charge < -0.3 is 14.8 Å². The number of aryl methyl sites for hydroxylation is 1. The van der Waals surface area contributed by atoms with Gasteiger partial charge in [-0.3, -0.25) is 0 Å². The average Bonchev–Trinajstić information content (AvgIpc) is 2.86. The molecule has 1 unspecified atom stereocenters. The second-order valence-electron chi connectivity index (χ2n) is 4.37. The van der Waals surface area contributed by atoms with Crippen molar-refractivity contribution in [3.05, 3.63) is 44.1 Å². The van der Waals surface area contributed by atoms with E-state index in [-0.39, 0.29) is 6.04 Å². The third-order valence-electron chi connectivity index (χ3n) is 3.16. The number of hydrogen-bond acceptors (Lipinski definition) is 4. The molecule has 1 aromatic carbocycles. The first-order valence-electron chi connectivity index (χ1n) is 6.26. The molecule has 0 spiro atoms. The summed E-state index contributed by atoms with van der Waals surface area (Å²) in [7, 11) is 5.28. The number of rotatable bonds is 5. The lowest BCUT2D eigenvalue weighted by molar-refractivity contribution is 0.383. The van der Waals surface area contributed by atoms with E-state index in [1.54, 1.807) is 25.6 Å². The largest absolute Gasteiger partial charge is 0.495 e. The molecule has 2 rings (SSSR count). The van der Waals surface area contributed by atoms with E-state index in [9.17, 15) is 0 Å². The number of halogens is 1. The van der Waals surface area contributed by atoms with Crippen molar-refractivity contribution >= 4 is 27.3 Å². The first kappa shape index (κ1) is 15.4. The van der Waals surface area contributed by atoms with Gasteiger partial charge in [0.15, 0.2) is 0 Å². The van der Waals surface area contributed by atoms with Crippen LogP contribution in [0.5, 0.6) is 11.5 Å². The van der Waals surface area contributed by atoms with Crippen molar-refractivity contribution in [2.45, 2.75) is 13.0 Å². The Labute approximate surface area is 132 Å². The Kier molecular flexibility index (Phi) is 5.07. The molecule has 0 fully saturated rings. The Bertz CT molecular complexity index is 598. The molecule has 0 amide bonds. The molecule has 5 heteroatoms. The van der Waals surface area contributed by atoms with E-state index in [4.69, 9.17) is 9.47 Å². The molecule has 20 heavy (non-hydrogen) atoms. The second kappa shape index (κ2) is 6.61. The first-order chi connectivity index (χ1) is 9.62. The SMILES string of the molecule is CNC(c1ccc(C)s1)c1ccc(OC)c(Br)c1OC. The number of hydrogen-bond donors (Lipinski definition) is 1. The zero-order valence-electron chi connectivity index (χ0n) is 12.0. The molecule has 0 bridgehead atoms. The van der Waals surface area contributed by atoms with Gasteiger partial charge in [0.05, 0.1) is 20.3 Å². The summed E-state index contributed by atoms with van der Waals surface area (Å²) in [5.41, 5.74) is 1.09. The van der Waals surface area contributed by atoms with Gasteiger partial charge in [0, 0.05) is 15.3 Å². The molecule has 108 valence electrons. The van der Waals surface area contributed by atoms with E-state index >= 15 is 0 Å². The highest BCUT2D eigenvalue weighted by Gasteiger charge is 2.21. The Balaban J connectivity index is 2.52. The monoisotopic (exact) mass is 355 g/mol. The highest BCUT2D eigenvalue weighted by atomic mass is 79.9. The third kappa shape index (κ3) is 2.85. The molecule has 0 saturated heterocycles. The molecule has 1 heterocycles. The lowest BCUT2D eigenvalue weighted by Crippen LogP contribution is -2.17. The Morgan fingerprint density at radius 1 is 1.15 bits per heavy atom. The fraction of sp³-hybridized carbons (Fsp3) is 0.333. The predicted octanol–water partition coefficient (Wildman–Crippen LogP) is 4.15. The summed E-state index contributed by atoms with van der Waals surface area (Å²) in [6, 6.07) is 8.38. The van der Waals surface area contributed by atoms with Gasteiger partial charge in [0.25, 0.3) is 0 Å². The summed E-state index contributed by atoms with van der Waals surface area (Å²) in [5.74, 6) is 1.57. The summed E-state index contributed by atoms with van der Waals surface area (Å²) in [6.07, 6.45) is 0. The summed E-state index contributed by atoms with van der Waals surface area (Å²) in [4.78, 5) is 2.56. The Morgan fingerprint density at radius 2 is 1.90 bits per heavy atom. The molecule has 1 N–H and O–H groups in total. The summed E-state index contributed by atoms with van der Waals surface area (Å²) < 4.78 is 11.7. The fourth-order valence-electron chi connectivity index (χ4n) is 2.20. The van der Waals surface area contributed by atoms with Crippen LogP contribution in [0.15, 0.2) is 28.7 Å².